The number of nitrogens with one attached hydrogen (secondary N) is 1. The van der Waals surface area contributed by atoms with Crippen LogP contribution in [0.4, 0.5) is 0 Å². The first-order valence-corrected chi connectivity index (χ1v) is 2.62. The fraction of sp³-hybridized carbons (Fsp3) is 0.200. The van der Waals surface area contributed by atoms with Gasteiger partial charge in [-0.15, -0.1) is 0 Å². The van der Waals surface area contributed by atoms with Gasteiger partial charge in [-0.2, -0.15) is 0 Å². The van der Waals surface area contributed by atoms with E-state index in [0.717, 1.165) is 5.59 Å². The number of hydrogen-bond donors (Lipinski definition) is 2. The molecule has 2 N–H and O–H groups in total. The predicted octanol–water partition coefficient (Wildman–Crippen LogP) is -0.165. The lowest BCUT2D eigenvalue weighted by atomic mass is 9.68. The van der Waals surface area contributed by atoms with E-state index >= 15 is 0 Å². The zero-order valence-electron chi connectivity index (χ0n) is 4.76. The van der Waals surface area contributed by atoms with Crippen molar-refractivity contribution in [2.24, 2.45) is 0 Å². The van der Waals surface area contributed by atoms with Crippen molar-refractivity contribution in [2.75, 3.05) is 0 Å². The van der Waals surface area contributed by atoms with E-state index in [-0.39, 0.29) is 6.92 Å². The summed E-state index contributed by atoms with van der Waals surface area (Å²) in [6, 6.07) is 3.72. The molecule has 0 saturated carbocycles. The van der Waals surface area contributed by atoms with Gasteiger partial charge < -0.3 is 10.0 Å². The summed E-state index contributed by atoms with van der Waals surface area (Å²) in [7, 11) is 0. The molecular formula is C5H8BNO. The molecule has 0 fully saturated rings. The van der Waals surface area contributed by atoms with Crippen LogP contribution in [-0.4, -0.2) is 16.9 Å². The molecule has 0 aliphatic carbocycles. The van der Waals surface area contributed by atoms with E-state index in [9.17, 15) is 0 Å². The molecule has 0 amide bonds. The predicted molar refractivity (Wildman–Crippen MR) is 34.3 cm³/mol. The molecular weight excluding hydrogens is 101 g/mol. The molecule has 0 radical (unpaired) electrons. The average Bonchev–Trinajstić information content (AvgIpc) is 2.12. The summed E-state index contributed by atoms with van der Waals surface area (Å²) in [4.78, 5) is 2.89. The second-order valence-electron chi connectivity index (χ2n) is 1.80. The maximum Gasteiger partial charge on any atom is 0.337 e. The minimum absolute atomic E-state index is 0.370. The molecule has 0 atom stereocenters. The quantitative estimate of drug-likeness (QED) is 0.482. The Morgan fingerprint density at radius 1 is 1.75 bits per heavy atom. The topological polar surface area (TPSA) is 36.0 Å². The monoisotopic (exact) mass is 109 g/mol. The Hall–Kier alpha value is -0.695. The lowest BCUT2D eigenvalue weighted by Gasteiger charge is -1.90. The van der Waals surface area contributed by atoms with Crippen LogP contribution >= 0.6 is 0 Å². The first kappa shape index (κ1) is 5.44. The fourth-order valence-electron chi connectivity index (χ4n) is 0.604. The molecule has 0 aliphatic rings. The number of aromatic amines is 1. The first-order chi connectivity index (χ1) is 3.80. The molecule has 3 heteroatoms. The molecule has 1 heterocycles. The maximum atomic E-state index is 8.88. The van der Waals surface area contributed by atoms with Gasteiger partial charge in [0.25, 0.3) is 0 Å². The SMILES string of the molecule is CB(O)c1ccc[nH]1. The van der Waals surface area contributed by atoms with Crippen LogP contribution in [0.2, 0.25) is 6.82 Å². The van der Waals surface area contributed by atoms with Crippen molar-refractivity contribution in [1.29, 1.82) is 0 Å². The molecule has 1 aromatic rings. The maximum absolute atomic E-state index is 8.88. The molecule has 0 aromatic carbocycles. The number of rotatable bonds is 1. The van der Waals surface area contributed by atoms with E-state index in [1.165, 1.54) is 0 Å². The molecule has 0 bridgehead atoms. The molecule has 0 saturated heterocycles. The second kappa shape index (κ2) is 2.05. The van der Waals surface area contributed by atoms with Gasteiger partial charge in [0.15, 0.2) is 0 Å². The zero-order chi connectivity index (χ0) is 5.98. The minimum atomic E-state index is -0.370. The van der Waals surface area contributed by atoms with Crippen LogP contribution < -0.4 is 5.59 Å². The molecule has 1 aromatic heterocycles. The van der Waals surface area contributed by atoms with E-state index in [4.69, 9.17) is 5.02 Å². The lowest BCUT2D eigenvalue weighted by molar-refractivity contribution is 0.592. The van der Waals surface area contributed by atoms with E-state index in [1.54, 1.807) is 13.0 Å². The molecule has 0 unspecified atom stereocenters. The van der Waals surface area contributed by atoms with Crippen molar-refractivity contribution in [1.82, 2.24) is 4.98 Å². The highest BCUT2D eigenvalue weighted by Crippen LogP contribution is 1.78. The Morgan fingerprint density at radius 2 is 2.50 bits per heavy atom. The van der Waals surface area contributed by atoms with Crippen LogP contribution in [-0.2, 0) is 0 Å². The highest BCUT2D eigenvalue weighted by Gasteiger charge is 2.04. The van der Waals surface area contributed by atoms with E-state index in [2.05, 4.69) is 4.98 Å². The summed E-state index contributed by atoms with van der Waals surface area (Å²) in [6.07, 6.45) is 1.79. The van der Waals surface area contributed by atoms with Crippen molar-refractivity contribution in [3.63, 3.8) is 0 Å². The highest BCUT2D eigenvalue weighted by atomic mass is 16.2. The van der Waals surface area contributed by atoms with Crippen molar-refractivity contribution >= 4 is 12.5 Å². The van der Waals surface area contributed by atoms with E-state index < -0.39 is 0 Å². The summed E-state index contributed by atoms with van der Waals surface area (Å²) in [5, 5.41) is 8.88. The zero-order valence-corrected chi connectivity index (χ0v) is 4.76. The number of hydrogen-bond acceptors (Lipinski definition) is 1. The molecule has 0 aliphatic heterocycles. The Kier molecular flexibility index (Phi) is 1.39. The van der Waals surface area contributed by atoms with Crippen LogP contribution in [0, 0.1) is 0 Å². The number of aromatic nitrogens is 1. The third-order valence-electron chi connectivity index (χ3n) is 1.07. The van der Waals surface area contributed by atoms with Crippen molar-refractivity contribution < 1.29 is 5.02 Å². The minimum Gasteiger partial charge on any atom is -0.446 e. The molecule has 1 rings (SSSR count). The van der Waals surface area contributed by atoms with Crippen LogP contribution in [0.25, 0.3) is 0 Å². The molecule has 42 valence electrons. The second-order valence-corrected chi connectivity index (χ2v) is 1.80. The molecule has 2 nitrogen and oxygen atoms in total. The van der Waals surface area contributed by atoms with Gasteiger partial charge in [-0.05, 0) is 12.1 Å². The van der Waals surface area contributed by atoms with Gasteiger partial charge in [-0.3, -0.25) is 0 Å². The average molecular weight is 109 g/mol. The summed E-state index contributed by atoms with van der Waals surface area (Å²) in [5.41, 5.74) is 0.866. The van der Waals surface area contributed by atoms with Gasteiger partial charge in [-0.25, -0.2) is 0 Å². The first-order valence-electron chi connectivity index (χ1n) is 2.62. The molecule has 0 spiro atoms. The summed E-state index contributed by atoms with van der Waals surface area (Å²) in [5.74, 6) is 0. The largest absolute Gasteiger partial charge is 0.446 e. The standard InChI is InChI=1S/C5H8BNO/c1-6(8)5-3-2-4-7-5/h2-4,7-8H,1H3. The van der Waals surface area contributed by atoms with Gasteiger partial charge in [0.05, 0.1) is 0 Å². The third-order valence-corrected chi connectivity index (χ3v) is 1.07. The van der Waals surface area contributed by atoms with Gasteiger partial charge in [0, 0.05) is 11.8 Å². The van der Waals surface area contributed by atoms with Crippen molar-refractivity contribution in [3.8, 4) is 0 Å². The van der Waals surface area contributed by atoms with Gasteiger partial charge in [-0.1, -0.05) is 6.82 Å². The third kappa shape index (κ3) is 0.926. The fourth-order valence-corrected chi connectivity index (χ4v) is 0.604. The summed E-state index contributed by atoms with van der Waals surface area (Å²) < 4.78 is 0. The lowest BCUT2D eigenvalue weighted by Crippen LogP contribution is -2.26. The van der Waals surface area contributed by atoms with Crippen LogP contribution in [0.3, 0.4) is 0 Å². The molecule has 8 heavy (non-hydrogen) atoms. The van der Waals surface area contributed by atoms with Crippen molar-refractivity contribution in [3.05, 3.63) is 18.3 Å². The summed E-state index contributed by atoms with van der Waals surface area (Å²) in [6.45, 7) is 1.36. The van der Waals surface area contributed by atoms with E-state index in [0.29, 0.717) is 0 Å². The normalized spacial score (nSPS) is 9.25. The smallest absolute Gasteiger partial charge is 0.337 e. The van der Waals surface area contributed by atoms with Crippen LogP contribution in [0.5, 0.6) is 0 Å². The number of H-pyrrole nitrogens is 1. The Labute approximate surface area is 48.7 Å². The van der Waals surface area contributed by atoms with Crippen LogP contribution in [0.15, 0.2) is 18.3 Å². The van der Waals surface area contributed by atoms with Gasteiger partial charge in [0.1, 0.15) is 0 Å². The van der Waals surface area contributed by atoms with Gasteiger partial charge >= 0.3 is 6.92 Å². The van der Waals surface area contributed by atoms with E-state index in [1.807, 2.05) is 12.1 Å². The summed E-state index contributed by atoms with van der Waals surface area (Å²) >= 11 is 0. The Bertz CT molecular complexity index is 147. The highest BCUT2D eigenvalue weighted by molar-refractivity contribution is 6.63. The Balaban J connectivity index is 2.77. The Morgan fingerprint density at radius 3 is 2.75 bits per heavy atom. The van der Waals surface area contributed by atoms with Crippen molar-refractivity contribution in [2.45, 2.75) is 6.82 Å². The van der Waals surface area contributed by atoms with Crippen LogP contribution in [0.1, 0.15) is 0 Å². The van der Waals surface area contributed by atoms with Gasteiger partial charge in [0.2, 0.25) is 0 Å².